The van der Waals surface area contributed by atoms with Crippen LogP contribution in [-0.4, -0.2) is 93.1 Å². The van der Waals surface area contributed by atoms with E-state index in [4.69, 9.17) is 14.7 Å². The zero-order chi connectivity index (χ0) is 26.0. The number of hydrogen-bond donors (Lipinski definition) is 3. The minimum atomic E-state index is -4.00. The molecule has 12 nitrogen and oxygen atoms in total. The molecule has 1 heterocycles. The highest BCUT2D eigenvalue weighted by molar-refractivity contribution is 7.89. The first-order valence-electron chi connectivity index (χ1n) is 11.4. The Morgan fingerprint density at radius 1 is 1.29 bits per heavy atom. The maximum atomic E-state index is 13.4. The van der Waals surface area contributed by atoms with E-state index in [2.05, 4.69) is 5.32 Å². The van der Waals surface area contributed by atoms with Crippen LogP contribution in [0.3, 0.4) is 0 Å². The highest BCUT2D eigenvalue weighted by Gasteiger charge is 2.31. The molecule has 2 atom stereocenters. The van der Waals surface area contributed by atoms with Gasteiger partial charge in [-0.3, -0.25) is 19.6 Å². The van der Waals surface area contributed by atoms with Crippen LogP contribution in [0.2, 0.25) is 0 Å². The van der Waals surface area contributed by atoms with Crippen molar-refractivity contribution in [3.05, 3.63) is 24.3 Å². The predicted molar refractivity (Wildman–Crippen MR) is 125 cm³/mol. The van der Waals surface area contributed by atoms with Crippen molar-refractivity contribution in [3.8, 4) is 5.75 Å². The van der Waals surface area contributed by atoms with E-state index < -0.39 is 33.9 Å². The summed E-state index contributed by atoms with van der Waals surface area (Å²) >= 11 is 0. The highest BCUT2D eigenvalue weighted by atomic mass is 32.2. The van der Waals surface area contributed by atoms with Crippen LogP contribution in [-0.2, 0) is 29.1 Å². The van der Waals surface area contributed by atoms with Crippen molar-refractivity contribution >= 4 is 27.8 Å². The van der Waals surface area contributed by atoms with Crippen LogP contribution in [0.4, 0.5) is 0 Å². The zero-order valence-electron chi connectivity index (χ0n) is 20.2. The topological polar surface area (TPSA) is 155 Å². The Hall–Kier alpha value is -2.74. The van der Waals surface area contributed by atoms with Crippen molar-refractivity contribution in [2.24, 2.45) is 5.92 Å². The van der Waals surface area contributed by atoms with Crippen LogP contribution in [0.15, 0.2) is 29.2 Å². The SMILES string of the molecule is CCOC(=O)C1CN(C(=O)CCN(CC(C)CC(=O)NO)S(=O)(=O)c2ccc(OC)cc2)CCN1. The largest absolute Gasteiger partial charge is 0.497 e. The second-order valence-corrected chi connectivity index (χ2v) is 10.2. The highest BCUT2D eigenvalue weighted by Crippen LogP contribution is 2.22. The van der Waals surface area contributed by atoms with Gasteiger partial charge in [-0.25, -0.2) is 13.9 Å². The van der Waals surface area contributed by atoms with E-state index in [9.17, 15) is 22.8 Å². The van der Waals surface area contributed by atoms with E-state index in [1.165, 1.54) is 36.3 Å². The summed E-state index contributed by atoms with van der Waals surface area (Å²) in [7, 11) is -2.53. The predicted octanol–water partition coefficient (Wildman–Crippen LogP) is -0.0289. The number of carbonyl (C=O) groups is 3. The Balaban J connectivity index is 2.14. The molecule has 2 amide bonds. The van der Waals surface area contributed by atoms with Crippen molar-refractivity contribution in [2.45, 2.75) is 37.6 Å². The van der Waals surface area contributed by atoms with Gasteiger partial charge in [-0.15, -0.1) is 0 Å². The number of nitrogens with one attached hydrogen (secondary N) is 2. The molecule has 2 rings (SSSR count). The van der Waals surface area contributed by atoms with Crippen molar-refractivity contribution in [3.63, 3.8) is 0 Å². The third-order valence-corrected chi connectivity index (χ3v) is 7.42. The van der Waals surface area contributed by atoms with Gasteiger partial charge in [0.25, 0.3) is 0 Å². The number of sulfonamides is 1. The molecule has 1 aliphatic heterocycles. The first kappa shape index (κ1) is 28.5. The molecule has 0 saturated carbocycles. The number of hydroxylamine groups is 1. The average Bonchev–Trinajstić information content (AvgIpc) is 2.86. The van der Waals surface area contributed by atoms with Crippen LogP contribution in [0.5, 0.6) is 5.75 Å². The lowest BCUT2D eigenvalue weighted by Crippen LogP contribution is -2.56. The third kappa shape index (κ3) is 8.16. The number of benzene rings is 1. The van der Waals surface area contributed by atoms with E-state index >= 15 is 0 Å². The molecule has 2 unspecified atom stereocenters. The van der Waals surface area contributed by atoms with Crippen LogP contribution in [0.1, 0.15) is 26.7 Å². The molecule has 1 aliphatic rings. The van der Waals surface area contributed by atoms with Gasteiger partial charge in [0.2, 0.25) is 21.8 Å². The number of hydrogen-bond acceptors (Lipinski definition) is 9. The van der Waals surface area contributed by atoms with Crippen LogP contribution >= 0.6 is 0 Å². The second-order valence-electron chi connectivity index (χ2n) is 8.23. The summed E-state index contributed by atoms with van der Waals surface area (Å²) in [4.78, 5) is 38.0. The molecule has 0 aliphatic carbocycles. The molecule has 35 heavy (non-hydrogen) atoms. The molecule has 3 N–H and O–H groups in total. The Bertz CT molecular complexity index is 970. The molecular weight excluding hydrogens is 480 g/mol. The van der Waals surface area contributed by atoms with Crippen molar-refractivity contribution < 1.29 is 37.5 Å². The number of piperazine rings is 1. The monoisotopic (exact) mass is 514 g/mol. The maximum Gasteiger partial charge on any atom is 0.324 e. The lowest BCUT2D eigenvalue weighted by Gasteiger charge is -2.33. The number of esters is 1. The van der Waals surface area contributed by atoms with E-state index in [0.29, 0.717) is 18.8 Å². The quantitative estimate of drug-likeness (QED) is 0.198. The number of rotatable bonds is 12. The van der Waals surface area contributed by atoms with Gasteiger partial charge in [0.1, 0.15) is 11.8 Å². The lowest BCUT2D eigenvalue weighted by molar-refractivity contribution is -0.148. The molecule has 0 radical (unpaired) electrons. The van der Waals surface area contributed by atoms with Crippen molar-refractivity contribution in [1.29, 1.82) is 0 Å². The first-order chi connectivity index (χ1) is 16.6. The van der Waals surface area contributed by atoms with Gasteiger partial charge in [-0.1, -0.05) is 6.92 Å². The second kappa shape index (κ2) is 13.4. The molecule has 0 bridgehead atoms. The third-order valence-electron chi connectivity index (χ3n) is 5.55. The molecule has 1 aromatic rings. The number of ether oxygens (including phenoxy) is 2. The molecule has 0 aromatic heterocycles. The Kier molecular flexibility index (Phi) is 10.9. The van der Waals surface area contributed by atoms with E-state index in [1.54, 1.807) is 19.3 Å². The molecular formula is C22H34N4O8S. The fraction of sp³-hybridized carbons (Fsp3) is 0.591. The first-order valence-corrected chi connectivity index (χ1v) is 12.8. The van der Waals surface area contributed by atoms with Crippen LogP contribution in [0, 0.1) is 5.92 Å². The van der Waals surface area contributed by atoms with Gasteiger partial charge in [-0.2, -0.15) is 4.31 Å². The minimum absolute atomic E-state index is 0.0223. The molecule has 1 saturated heterocycles. The standard InChI is InChI=1S/C22H34N4O8S/c1-4-34-22(29)19-15-25(12-10-23-19)21(28)9-11-26(14-16(2)13-20(27)24-30)35(31,32)18-7-5-17(33-3)6-8-18/h5-8,16,19,23,30H,4,9-15H2,1-3H3,(H,24,27). The summed E-state index contributed by atoms with van der Waals surface area (Å²) in [5.41, 5.74) is 1.54. The summed E-state index contributed by atoms with van der Waals surface area (Å²) in [6.45, 7) is 4.38. The lowest BCUT2D eigenvalue weighted by atomic mass is 10.1. The number of methoxy groups -OCH3 is 1. The number of amides is 2. The van der Waals surface area contributed by atoms with E-state index in [1.807, 2.05) is 0 Å². The summed E-state index contributed by atoms with van der Waals surface area (Å²) in [6, 6.07) is 5.23. The van der Waals surface area contributed by atoms with Gasteiger partial charge >= 0.3 is 5.97 Å². The summed E-state index contributed by atoms with van der Waals surface area (Å²) in [5.74, 6) is -1.31. The summed E-state index contributed by atoms with van der Waals surface area (Å²) < 4.78 is 38.0. The van der Waals surface area contributed by atoms with Gasteiger partial charge in [0, 0.05) is 45.6 Å². The molecule has 0 spiro atoms. The zero-order valence-corrected chi connectivity index (χ0v) is 21.0. The Labute approximate surface area is 205 Å². The smallest absolute Gasteiger partial charge is 0.324 e. The molecule has 1 aromatic carbocycles. The fourth-order valence-corrected chi connectivity index (χ4v) is 5.30. The fourth-order valence-electron chi connectivity index (χ4n) is 3.74. The van der Waals surface area contributed by atoms with E-state index in [-0.39, 0.29) is 49.9 Å². The Morgan fingerprint density at radius 2 is 1.97 bits per heavy atom. The molecule has 13 heteroatoms. The van der Waals surface area contributed by atoms with Gasteiger partial charge in [0.15, 0.2) is 0 Å². The van der Waals surface area contributed by atoms with Crippen LogP contribution in [0.25, 0.3) is 0 Å². The van der Waals surface area contributed by atoms with Gasteiger partial charge < -0.3 is 19.7 Å². The molecule has 196 valence electrons. The van der Waals surface area contributed by atoms with E-state index in [0.717, 1.165) is 4.31 Å². The number of carbonyl (C=O) groups excluding carboxylic acids is 3. The average molecular weight is 515 g/mol. The number of nitrogens with zero attached hydrogens (tertiary/aromatic N) is 2. The molecule has 1 fully saturated rings. The van der Waals surface area contributed by atoms with Crippen molar-refractivity contribution in [1.82, 2.24) is 20.0 Å². The normalized spacial score (nSPS) is 17.1. The van der Waals surface area contributed by atoms with Gasteiger partial charge in [-0.05, 0) is 37.1 Å². The summed E-state index contributed by atoms with van der Waals surface area (Å²) in [5, 5.41) is 11.8. The van der Waals surface area contributed by atoms with Gasteiger partial charge in [0.05, 0.1) is 18.6 Å². The van der Waals surface area contributed by atoms with Crippen LogP contribution < -0.4 is 15.5 Å². The maximum absolute atomic E-state index is 13.4. The van der Waals surface area contributed by atoms with Crippen molar-refractivity contribution in [2.75, 3.05) is 46.4 Å². The summed E-state index contributed by atoms with van der Waals surface area (Å²) in [6.07, 6.45) is -0.206. The minimum Gasteiger partial charge on any atom is -0.497 e. The Morgan fingerprint density at radius 3 is 2.57 bits per heavy atom.